The molecule has 0 fully saturated rings. The molecule has 2 amide bonds. The van der Waals surface area contributed by atoms with Crippen LogP contribution in [0.3, 0.4) is 0 Å². The van der Waals surface area contributed by atoms with Crippen molar-refractivity contribution in [2.45, 2.75) is 24.5 Å². The van der Waals surface area contributed by atoms with E-state index in [1.54, 1.807) is 0 Å². The monoisotopic (exact) mass is 368 g/mol. The van der Waals surface area contributed by atoms with Crippen molar-refractivity contribution in [1.82, 2.24) is 20.8 Å². The standard InChI is InChI=1S/C15H17ClN4O3S/c1-9(24-8-10-3-5-11(16)6-4-10)14(21)18-7-12-19-13(20-23-12)15(22)17-2/h3-6,9H,7-8H2,1-2H3,(H,17,22)(H,18,21)/t9-/m1/s1. The summed E-state index contributed by atoms with van der Waals surface area (Å²) in [4.78, 5) is 27.3. The molecule has 0 saturated carbocycles. The summed E-state index contributed by atoms with van der Waals surface area (Å²) in [7, 11) is 1.47. The van der Waals surface area contributed by atoms with Crippen molar-refractivity contribution in [2.75, 3.05) is 7.05 Å². The van der Waals surface area contributed by atoms with E-state index >= 15 is 0 Å². The van der Waals surface area contributed by atoms with Crippen molar-refractivity contribution in [2.24, 2.45) is 0 Å². The Labute approximate surface area is 148 Å². The molecule has 0 saturated heterocycles. The van der Waals surface area contributed by atoms with Gasteiger partial charge in [-0.05, 0) is 24.6 Å². The Bertz CT molecular complexity index is 705. The van der Waals surface area contributed by atoms with Crippen molar-refractivity contribution >= 4 is 35.2 Å². The summed E-state index contributed by atoms with van der Waals surface area (Å²) in [6.07, 6.45) is 0. The molecule has 2 rings (SSSR count). The van der Waals surface area contributed by atoms with E-state index < -0.39 is 5.91 Å². The summed E-state index contributed by atoms with van der Waals surface area (Å²) in [6.45, 7) is 1.90. The molecule has 0 radical (unpaired) electrons. The zero-order valence-electron chi connectivity index (χ0n) is 13.2. The van der Waals surface area contributed by atoms with Crippen LogP contribution in [0.25, 0.3) is 0 Å². The summed E-state index contributed by atoms with van der Waals surface area (Å²) < 4.78 is 4.90. The predicted molar refractivity (Wildman–Crippen MR) is 91.7 cm³/mol. The van der Waals surface area contributed by atoms with Crippen LogP contribution >= 0.6 is 23.4 Å². The second-order valence-electron chi connectivity index (χ2n) is 4.89. The summed E-state index contributed by atoms with van der Waals surface area (Å²) in [5, 5.41) is 9.06. The van der Waals surface area contributed by atoms with Crippen LogP contribution < -0.4 is 10.6 Å². The topological polar surface area (TPSA) is 97.1 Å². The van der Waals surface area contributed by atoms with E-state index in [9.17, 15) is 9.59 Å². The highest BCUT2D eigenvalue weighted by molar-refractivity contribution is 7.99. The lowest BCUT2D eigenvalue weighted by Crippen LogP contribution is -2.30. The SMILES string of the molecule is CNC(=O)c1noc(CNC(=O)[C@@H](C)SCc2ccc(Cl)cc2)n1. The number of thioether (sulfide) groups is 1. The van der Waals surface area contributed by atoms with Gasteiger partial charge in [-0.2, -0.15) is 4.98 Å². The Balaban J connectivity index is 1.78. The largest absolute Gasteiger partial charge is 0.352 e. The lowest BCUT2D eigenvalue weighted by molar-refractivity contribution is -0.120. The number of nitrogens with one attached hydrogen (secondary N) is 2. The van der Waals surface area contributed by atoms with Gasteiger partial charge in [-0.25, -0.2) is 0 Å². The average Bonchev–Trinajstić information content (AvgIpc) is 3.07. The van der Waals surface area contributed by atoms with Crippen molar-refractivity contribution in [1.29, 1.82) is 0 Å². The number of nitrogens with zero attached hydrogens (tertiary/aromatic N) is 2. The van der Waals surface area contributed by atoms with Crippen LogP contribution in [0, 0.1) is 0 Å². The van der Waals surface area contributed by atoms with Crippen molar-refractivity contribution < 1.29 is 14.1 Å². The van der Waals surface area contributed by atoms with Gasteiger partial charge in [0.15, 0.2) is 0 Å². The van der Waals surface area contributed by atoms with Crippen molar-refractivity contribution in [3.05, 3.63) is 46.6 Å². The van der Waals surface area contributed by atoms with Gasteiger partial charge in [0.05, 0.1) is 11.8 Å². The second kappa shape index (κ2) is 8.70. The van der Waals surface area contributed by atoms with Gasteiger partial charge in [0.2, 0.25) is 11.8 Å². The number of hydrogen-bond acceptors (Lipinski definition) is 6. The number of hydrogen-bond donors (Lipinski definition) is 2. The van der Waals surface area contributed by atoms with Crippen molar-refractivity contribution in [3.63, 3.8) is 0 Å². The van der Waals surface area contributed by atoms with E-state index in [-0.39, 0.29) is 29.4 Å². The van der Waals surface area contributed by atoms with Gasteiger partial charge in [0.25, 0.3) is 11.7 Å². The maximum Gasteiger partial charge on any atom is 0.292 e. The molecule has 0 unspecified atom stereocenters. The minimum Gasteiger partial charge on any atom is -0.352 e. The number of aromatic nitrogens is 2. The van der Waals surface area contributed by atoms with Gasteiger partial charge in [0.1, 0.15) is 0 Å². The van der Waals surface area contributed by atoms with Crippen LogP contribution in [0.4, 0.5) is 0 Å². The van der Waals surface area contributed by atoms with E-state index in [2.05, 4.69) is 20.8 Å². The Kier molecular flexibility index (Phi) is 6.62. The summed E-state index contributed by atoms with van der Waals surface area (Å²) in [5.41, 5.74) is 1.09. The maximum atomic E-state index is 12.1. The zero-order chi connectivity index (χ0) is 17.5. The zero-order valence-corrected chi connectivity index (χ0v) is 14.8. The number of carbonyl (C=O) groups excluding carboxylic acids is 2. The van der Waals surface area contributed by atoms with Gasteiger partial charge >= 0.3 is 0 Å². The highest BCUT2D eigenvalue weighted by Crippen LogP contribution is 2.19. The summed E-state index contributed by atoms with van der Waals surface area (Å²) in [5.74, 6) is 0.230. The minimum absolute atomic E-state index is 0.0630. The molecule has 0 bridgehead atoms. The molecule has 128 valence electrons. The summed E-state index contributed by atoms with van der Waals surface area (Å²) in [6, 6.07) is 7.50. The molecule has 1 aromatic carbocycles. The molecule has 0 aliphatic heterocycles. The molecule has 2 N–H and O–H groups in total. The van der Waals surface area contributed by atoms with E-state index in [0.29, 0.717) is 10.8 Å². The van der Waals surface area contributed by atoms with Crippen molar-refractivity contribution in [3.8, 4) is 0 Å². The third-order valence-corrected chi connectivity index (χ3v) is 4.56. The van der Waals surface area contributed by atoms with Crippen LogP contribution in [0.5, 0.6) is 0 Å². The lowest BCUT2D eigenvalue weighted by atomic mass is 10.2. The quantitative estimate of drug-likeness (QED) is 0.776. The average molecular weight is 369 g/mol. The number of benzene rings is 1. The molecule has 0 aliphatic carbocycles. The van der Waals surface area contributed by atoms with E-state index in [1.165, 1.54) is 18.8 Å². The normalized spacial score (nSPS) is 11.8. The van der Waals surface area contributed by atoms with Gasteiger partial charge in [-0.3, -0.25) is 9.59 Å². The van der Waals surface area contributed by atoms with Crippen LogP contribution in [-0.4, -0.2) is 34.3 Å². The first-order valence-corrected chi connectivity index (χ1v) is 8.60. The third kappa shape index (κ3) is 5.24. The molecule has 2 aromatic rings. The first-order valence-electron chi connectivity index (χ1n) is 7.18. The third-order valence-electron chi connectivity index (χ3n) is 3.09. The fourth-order valence-electron chi connectivity index (χ4n) is 1.71. The Hall–Kier alpha value is -2.06. The molecule has 1 atom stereocenters. The molecule has 1 heterocycles. The van der Waals surface area contributed by atoms with Crippen LogP contribution in [0.1, 0.15) is 29.0 Å². The van der Waals surface area contributed by atoms with Crippen LogP contribution in [-0.2, 0) is 17.1 Å². The molecular weight excluding hydrogens is 352 g/mol. The predicted octanol–water partition coefficient (Wildman–Crippen LogP) is 2.02. The molecule has 1 aromatic heterocycles. The van der Waals surface area contributed by atoms with Crippen LogP contribution in [0.15, 0.2) is 28.8 Å². The Morgan fingerprint density at radius 3 is 2.71 bits per heavy atom. The first kappa shape index (κ1) is 18.3. The van der Waals surface area contributed by atoms with Gasteiger partial charge in [-0.1, -0.05) is 28.9 Å². The van der Waals surface area contributed by atoms with E-state index in [4.69, 9.17) is 16.1 Å². The summed E-state index contributed by atoms with van der Waals surface area (Å²) >= 11 is 7.35. The molecular formula is C15H17ClN4O3S. The van der Waals surface area contributed by atoms with E-state index in [0.717, 1.165) is 5.56 Å². The fraction of sp³-hybridized carbons (Fsp3) is 0.333. The molecule has 24 heavy (non-hydrogen) atoms. The molecule has 7 nitrogen and oxygen atoms in total. The number of rotatable bonds is 7. The van der Waals surface area contributed by atoms with Crippen LogP contribution in [0.2, 0.25) is 5.02 Å². The molecule has 0 aliphatic rings. The Morgan fingerprint density at radius 2 is 2.04 bits per heavy atom. The fourth-order valence-corrected chi connectivity index (χ4v) is 2.71. The lowest BCUT2D eigenvalue weighted by Gasteiger charge is -2.10. The van der Waals surface area contributed by atoms with Gasteiger partial charge in [-0.15, -0.1) is 11.8 Å². The van der Waals surface area contributed by atoms with E-state index in [1.807, 2.05) is 31.2 Å². The first-order chi connectivity index (χ1) is 11.5. The Morgan fingerprint density at radius 1 is 1.33 bits per heavy atom. The highest BCUT2D eigenvalue weighted by Gasteiger charge is 2.16. The number of carbonyl (C=O) groups is 2. The van der Waals surface area contributed by atoms with Gasteiger partial charge in [0, 0.05) is 17.8 Å². The minimum atomic E-state index is -0.441. The number of amides is 2. The smallest absolute Gasteiger partial charge is 0.292 e. The maximum absolute atomic E-state index is 12.1. The number of halogens is 1. The van der Waals surface area contributed by atoms with Gasteiger partial charge < -0.3 is 15.2 Å². The second-order valence-corrected chi connectivity index (χ2v) is 6.65. The highest BCUT2D eigenvalue weighted by atomic mass is 35.5. The molecule has 0 spiro atoms. The molecule has 9 heteroatoms.